The van der Waals surface area contributed by atoms with Crippen molar-refractivity contribution in [3.63, 3.8) is 0 Å². The zero-order valence-electron chi connectivity index (χ0n) is 9.35. The zero-order valence-corrected chi connectivity index (χ0v) is 9.35. The molecule has 1 rings (SSSR count). The molecule has 0 amide bonds. The third-order valence-electron chi connectivity index (χ3n) is 2.02. The van der Waals surface area contributed by atoms with Crippen LogP contribution in [-0.4, -0.2) is 44.2 Å². The van der Waals surface area contributed by atoms with Crippen molar-refractivity contribution in [2.75, 3.05) is 26.4 Å². The molecule has 0 bridgehead atoms. The number of hydrogen-bond donors (Lipinski definition) is 0. The first-order chi connectivity index (χ1) is 8.12. The molecular weight excluding hydrogens is 228 g/mol. The highest BCUT2D eigenvalue weighted by atomic mass is 16.8. The summed E-state index contributed by atoms with van der Waals surface area (Å²) in [6, 6.07) is 0. The summed E-state index contributed by atoms with van der Waals surface area (Å²) >= 11 is 0. The van der Waals surface area contributed by atoms with E-state index in [1.165, 1.54) is 0 Å². The van der Waals surface area contributed by atoms with Crippen molar-refractivity contribution in [3.8, 4) is 0 Å². The number of carbonyl (C=O) groups excluding carboxylic acids is 2. The van der Waals surface area contributed by atoms with Gasteiger partial charge in [0, 0.05) is 12.2 Å². The smallest absolute Gasteiger partial charge is 0.330 e. The molecule has 0 spiro atoms. The molecule has 1 aliphatic heterocycles. The van der Waals surface area contributed by atoms with E-state index in [4.69, 9.17) is 18.9 Å². The van der Waals surface area contributed by atoms with Crippen LogP contribution in [0, 0.1) is 0 Å². The van der Waals surface area contributed by atoms with Crippen molar-refractivity contribution in [2.45, 2.75) is 5.79 Å². The van der Waals surface area contributed by atoms with Crippen molar-refractivity contribution in [1.29, 1.82) is 0 Å². The highest BCUT2D eigenvalue weighted by molar-refractivity contribution is 5.81. The Morgan fingerprint density at radius 2 is 1.47 bits per heavy atom. The molecule has 0 aromatic rings. The molecule has 0 aromatic carbocycles. The van der Waals surface area contributed by atoms with Crippen molar-refractivity contribution < 1.29 is 28.5 Å². The largest absolute Gasteiger partial charge is 0.457 e. The van der Waals surface area contributed by atoms with Crippen LogP contribution in [0.3, 0.4) is 0 Å². The van der Waals surface area contributed by atoms with Gasteiger partial charge in [0.15, 0.2) is 0 Å². The van der Waals surface area contributed by atoms with Crippen LogP contribution in [0.15, 0.2) is 25.3 Å². The molecule has 0 aliphatic carbocycles. The minimum Gasteiger partial charge on any atom is -0.457 e. The third-order valence-corrected chi connectivity index (χ3v) is 2.02. The maximum absolute atomic E-state index is 10.9. The van der Waals surface area contributed by atoms with Crippen LogP contribution < -0.4 is 0 Å². The molecule has 0 radical (unpaired) electrons. The van der Waals surface area contributed by atoms with Gasteiger partial charge in [0.2, 0.25) is 5.79 Å². The number of hydrogen-bond acceptors (Lipinski definition) is 6. The first-order valence-electron chi connectivity index (χ1n) is 4.98. The van der Waals surface area contributed by atoms with Gasteiger partial charge in [-0.05, 0) is 0 Å². The number of rotatable bonds is 6. The SMILES string of the molecule is C=CC(=O)OCC1(COC(=O)C=C)OCCO1. The van der Waals surface area contributed by atoms with E-state index in [1.807, 2.05) is 0 Å². The monoisotopic (exact) mass is 242 g/mol. The van der Waals surface area contributed by atoms with Gasteiger partial charge in [0.05, 0.1) is 13.2 Å². The fourth-order valence-electron chi connectivity index (χ4n) is 1.19. The van der Waals surface area contributed by atoms with Gasteiger partial charge >= 0.3 is 11.9 Å². The lowest BCUT2D eigenvalue weighted by atomic mass is 10.3. The third kappa shape index (κ3) is 4.01. The van der Waals surface area contributed by atoms with Gasteiger partial charge in [-0.25, -0.2) is 9.59 Å². The molecule has 6 heteroatoms. The van der Waals surface area contributed by atoms with Gasteiger partial charge in [-0.15, -0.1) is 0 Å². The Morgan fingerprint density at radius 3 is 1.82 bits per heavy atom. The van der Waals surface area contributed by atoms with E-state index >= 15 is 0 Å². The molecule has 17 heavy (non-hydrogen) atoms. The summed E-state index contributed by atoms with van der Waals surface area (Å²) in [5.74, 6) is -2.42. The fraction of sp³-hybridized carbons (Fsp3) is 0.455. The van der Waals surface area contributed by atoms with Crippen LogP contribution in [0.5, 0.6) is 0 Å². The topological polar surface area (TPSA) is 71.1 Å². The Hall–Kier alpha value is -1.66. The van der Waals surface area contributed by atoms with Gasteiger partial charge < -0.3 is 18.9 Å². The number of esters is 2. The standard InChI is InChI=1S/C11H14O6/c1-3-9(12)14-7-11(16-5-6-17-11)8-15-10(13)4-2/h3-4H,1-2,5-8H2. The normalized spacial score (nSPS) is 17.2. The Balaban J connectivity index is 2.50. The second-order valence-electron chi connectivity index (χ2n) is 3.23. The van der Waals surface area contributed by atoms with Gasteiger partial charge in [-0.2, -0.15) is 0 Å². The van der Waals surface area contributed by atoms with E-state index in [-0.39, 0.29) is 13.2 Å². The molecular formula is C11H14O6. The van der Waals surface area contributed by atoms with Crippen molar-refractivity contribution in [3.05, 3.63) is 25.3 Å². The minimum atomic E-state index is -1.22. The van der Waals surface area contributed by atoms with Crippen molar-refractivity contribution in [2.24, 2.45) is 0 Å². The maximum Gasteiger partial charge on any atom is 0.330 e. The minimum absolute atomic E-state index is 0.164. The van der Waals surface area contributed by atoms with Gasteiger partial charge in [0.1, 0.15) is 13.2 Å². The van der Waals surface area contributed by atoms with Gasteiger partial charge in [0.25, 0.3) is 0 Å². The van der Waals surface area contributed by atoms with Crippen LogP contribution in [-0.2, 0) is 28.5 Å². The Kier molecular flexibility index (Phi) is 4.86. The number of carbonyl (C=O) groups is 2. The Morgan fingerprint density at radius 1 is 1.06 bits per heavy atom. The second kappa shape index (κ2) is 6.17. The molecule has 0 unspecified atom stereocenters. The average Bonchev–Trinajstić information content (AvgIpc) is 2.82. The van der Waals surface area contributed by atoms with Crippen LogP contribution in [0.25, 0.3) is 0 Å². The van der Waals surface area contributed by atoms with Crippen LogP contribution in [0.1, 0.15) is 0 Å². The molecule has 0 atom stereocenters. The van der Waals surface area contributed by atoms with Crippen molar-refractivity contribution >= 4 is 11.9 Å². The summed E-state index contributed by atoms with van der Waals surface area (Å²) < 4.78 is 20.2. The van der Waals surface area contributed by atoms with Gasteiger partial charge in [-0.3, -0.25) is 0 Å². The number of ether oxygens (including phenoxy) is 4. The molecule has 0 aromatic heterocycles. The predicted octanol–water partition coefficient (Wildman–Crippen LogP) is 0.188. The highest BCUT2D eigenvalue weighted by Crippen LogP contribution is 2.20. The maximum atomic E-state index is 10.9. The van der Waals surface area contributed by atoms with Crippen LogP contribution in [0.2, 0.25) is 0 Å². The summed E-state index contributed by atoms with van der Waals surface area (Å²) in [4.78, 5) is 21.9. The fourth-order valence-corrected chi connectivity index (χ4v) is 1.19. The Bertz CT molecular complexity index is 290. The summed E-state index contributed by atoms with van der Waals surface area (Å²) in [7, 11) is 0. The van der Waals surface area contributed by atoms with E-state index in [1.54, 1.807) is 0 Å². The zero-order chi connectivity index (χ0) is 12.7. The van der Waals surface area contributed by atoms with Crippen molar-refractivity contribution in [1.82, 2.24) is 0 Å². The Labute approximate surface area is 98.8 Å². The van der Waals surface area contributed by atoms with E-state index in [2.05, 4.69) is 13.2 Å². The molecule has 1 saturated heterocycles. The van der Waals surface area contributed by atoms with E-state index in [9.17, 15) is 9.59 Å². The molecule has 0 saturated carbocycles. The van der Waals surface area contributed by atoms with Gasteiger partial charge in [-0.1, -0.05) is 13.2 Å². The van der Waals surface area contributed by atoms with E-state index in [0.29, 0.717) is 13.2 Å². The second-order valence-corrected chi connectivity index (χ2v) is 3.23. The summed E-state index contributed by atoms with van der Waals surface area (Å²) in [5, 5.41) is 0. The van der Waals surface area contributed by atoms with E-state index in [0.717, 1.165) is 12.2 Å². The first-order valence-corrected chi connectivity index (χ1v) is 4.98. The quantitative estimate of drug-likeness (QED) is 0.489. The molecule has 1 fully saturated rings. The molecule has 6 nitrogen and oxygen atoms in total. The summed E-state index contributed by atoms with van der Waals surface area (Å²) in [6.07, 6.45) is 2.05. The molecule has 1 aliphatic rings. The summed E-state index contributed by atoms with van der Waals surface area (Å²) in [5.41, 5.74) is 0. The summed E-state index contributed by atoms with van der Waals surface area (Å²) in [6.45, 7) is 6.88. The van der Waals surface area contributed by atoms with Crippen LogP contribution >= 0.6 is 0 Å². The molecule has 1 heterocycles. The first kappa shape index (κ1) is 13.4. The van der Waals surface area contributed by atoms with Crippen LogP contribution in [0.4, 0.5) is 0 Å². The van der Waals surface area contributed by atoms with E-state index < -0.39 is 17.7 Å². The lowest BCUT2D eigenvalue weighted by Crippen LogP contribution is -2.42. The molecule has 0 N–H and O–H groups in total. The lowest BCUT2D eigenvalue weighted by Gasteiger charge is -2.25. The molecule has 94 valence electrons. The highest BCUT2D eigenvalue weighted by Gasteiger charge is 2.39. The predicted molar refractivity (Wildman–Crippen MR) is 56.9 cm³/mol. The lowest BCUT2D eigenvalue weighted by molar-refractivity contribution is -0.219. The average molecular weight is 242 g/mol.